The van der Waals surface area contributed by atoms with Crippen LogP contribution in [0.1, 0.15) is 48.0 Å². The van der Waals surface area contributed by atoms with Gasteiger partial charge in [0.2, 0.25) is 10.8 Å². The van der Waals surface area contributed by atoms with Crippen molar-refractivity contribution in [2.75, 3.05) is 13.1 Å². The highest BCUT2D eigenvalue weighted by Gasteiger charge is 2.29. The fourth-order valence-electron chi connectivity index (χ4n) is 3.34. The number of thiazole rings is 1. The second kappa shape index (κ2) is 6.22. The van der Waals surface area contributed by atoms with Gasteiger partial charge in [0.15, 0.2) is 0 Å². The molecule has 0 amide bonds. The maximum absolute atomic E-state index is 10.7. The molecule has 5 nitrogen and oxygen atoms in total. The van der Waals surface area contributed by atoms with E-state index in [0.29, 0.717) is 5.82 Å². The van der Waals surface area contributed by atoms with Crippen molar-refractivity contribution in [2.24, 2.45) is 0 Å². The first-order valence-corrected chi connectivity index (χ1v) is 9.81. The third-order valence-electron chi connectivity index (χ3n) is 4.42. The van der Waals surface area contributed by atoms with Crippen LogP contribution in [0.2, 0.25) is 0 Å². The van der Waals surface area contributed by atoms with Crippen LogP contribution in [0.3, 0.4) is 0 Å². The van der Waals surface area contributed by atoms with E-state index in [-0.39, 0.29) is 11.9 Å². The Kier molecular flexibility index (Phi) is 4.09. The van der Waals surface area contributed by atoms with E-state index in [9.17, 15) is 5.11 Å². The Bertz CT molecular complexity index is 785. The van der Waals surface area contributed by atoms with Gasteiger partial charge in [0.25, 0.3) is 0 Å². The van der Waals surface area contributed by atoms with E-state index in [1.54, 1.807) is 27.2 Å². The summed E-state index contributed by atoms with van der Waals surface area (Å²) in [4.78, 5) is 8.65. The lowest BCUT2D eigenvalue weighted by Gasteiger charge is -2.29. The number of fused-ring (bicyclic) bond motifs is 1. The number of aryl methyl sites for hydroxylation is 1. The lowest BCUT2D eigenvalue weighted by Crippen LogP contribution is -2.30. The predicted octanol–water partition coefficient (Wildman–Crippen LogP) is 3.83. The molecule has 0 saturated carbocycles. The quantitative estimate of drug-likeness (QED) is 0.781. The Hall–Kier alpha value is -1.44. The number of likely N-dealkylation sites (tertiary alicyclic amines) is 1. The van der Waals surface area contributed by atoms with Gasteiger partial charge in [0.05, 0.1) is 10.9 Å². The van der Waals surface area contributed by atoms with Crippen molar-refractivity contribution >= 4 is 27.6 Å². The second-order valence-corrected chi connectivity index (χ2v) is 7.84. The molecule has 1 aliphatic heterocycles. The SMILES string of the molecule is Cc1nc2sc([C@H](c3ccsc3)N3CCCCCC3)c(O)n2n1. The predicted molar refractivity (Wildman–Crippen MR) is 93.5 cm³/mol. The van der Waals surface area contributed by atoms with E-state index in [4.69, 9.17) is 0 Å². The van der Waals surface area contributed by atoms with Crippen LogP contribution >= 0.6 is 22.7 Å². The van der Waals surface area contributed by atoms with Gasteiger partial charge in [0.1, 0.15) is 5.82 Å². The smallest absolute Gasteiger partial charge is 0.230 e. The zero-order valence-electron chi connectivity index (χ0n) is 13.1. The summed E-state index contributed by atoms with van der Waals surface area (Å²) >= 11 is 3.26. The van der Waals surface area contributed by atoms with Gasteiger partial charge in [-0.3, -0.25) is 4.90 Å². The molecular formula is C16H20N4OS2. The van der Waals surface area contributed by atoms with Crippen LogP contribution in [-0.4, -0.2) is 37.7 Å². The maximum atomic E-state index is 10.7. The van der Waals surface area contributed by atoms with E-state index in [1.165, 1.54) is 31.2 Å². The van der Waals surface area contributed by atoms with Crippen molar-refractivity contribution in [3.63, 3.8) is 0 Å². The standard InChI is InChI=1S/C16H20N4OS2/c1-11-17-16-20(18-11)15(21)14(23-16)13(12-6-9-22-10-12)19-7-4-2-3-5-8-19/h6,9-10,13,21H,2-5,7-8H2,1H3/t13-/m0/s1. The summed E-state index contributed by atoms with van der Waals surface area (Å²) in [5, 5.41) is 19.3. The van der Waals surface area contributed by atoms with Crippen molar-refractivity contribution in [3.05, 3.63) is 33.1 Å². The van der Waals surface area contributed by atoms with Crippen LogP contribution in [0.5, 0.6) is 5.88 Å². The van der Waals surface area contributed by atoms with E-state index < -0.39 is 0 Å². The molecule has 0 spiro atoms. The molecule has 23 heavy (non-hydrogen) atoms. The summed E-state index contributed by atoms with van der Waals surface area (Å²) in [7, 11) is 0. The van der Waals surface area contributed by atoms with Crippen molar-refractivity contribution in [3.8, 4) is 5.88 Å². The summed E-state index contributed by atoms with van der Waals surface area (Å²) in [6.07, 6.45) is 5.04. The van der Waals surface area contributed by atoms with Gasteiger partial charge in [-0.1, -0.05) is 24.2 Å². The molecule has 122 valence electrons. The molecule has 1 aliphatic rings. The number of aromatic nitrogens is 3. The topological polar surface area (TPSA) is 53.7 Å². The van der Waals surface area contributed by atoms with Crippen molar-refractivity contribution in [1.29, 1.82) is 0 Å². The number of rotatable bonds is 3. The molecule has 1 atom stereocenters. The zero-order valence-corrected chi connectivity index (χ0v) is 14.7. The van der Waals surface area contributed by atoms with Crippen molar-refractivity contribution in [2.45, 2.75) is 38.6 Å². The van der Waals surface area contributed by atoms with Crippen LogP contribution in [0, 0.1) is 6.92 Å². The number of thiophene rings is 1. The van der Waals surface area contributed by atoms with Crippen molar-refractivity contribution in [1.82, 2.24) is 19.5 Å². The minimum atomic E-state index is 0.105. The summed E-state index contributed by atoms with van der Waals surface area (Å²) in [6.45, 7) is 4.00. The van der Waals surface area contributed by atoms with Gasteiger partial charge in [-0.15, -0.1) is 5.10 Å². The van der Waals surface area contributed by atoms with Crippen molar-refractivity contribution < 1.29 is 5.11 Å². The Morgan fingerprint density at radius 1 is 1.22 bits per heavy atom. The van der Waals surface area contributed by atoms with E-state index in [1.807, 2.05) is 6.92 Å². The van der Waals surface area contributed by atoms with Gasteiger partial charge in [-0.2, -0.15) is 15.9 Å². The molecule has 3 aromatic heterocycles. The van der Waals surface area contributed by atoms with Gasteiger partial charge in [-0.05, 0) is 55.2 Å². The van der Waals surface area contributed by atoms with Gasteiger partial charge in [-0.25, -0.2) is 4.98 Å². The first kappa shape index (κ1) is 15.1. The van der Waals surface area contributed by atoms with Crippen LogP contribution in [-0.2, 0) is 0 Å². The molecule has 1 fully saturated rings. The molecule has 1 saturated heterocycles. The number of aromatic hydroxyl groups is 1. The second-order valence-electron chi connectivity index (χ2n) is 6.05. The molecular weight excluding hydrogens is 328 g/mol. The molecule has 0 bridgehead atoms. The molecule has 1 N–H and O–H groups in total. The lowest BCUT2D eigenvalue weighted by atomic mass is 10.1. The molecule has 3 aromatic rings. The summed E-state index contributed by atoms with van der Waals surface area (Å²) in [6, 6.07) is 2.27. The summed E-state index contributed by atoms with van der Waals surface area (Å²) < 4.78 is 1.58. The molecule has 7 heteroatoms. The highest BCUT2D eigenvalue weighted by Crippen LogP contribution is 2.41. The molecule has 0 aliphatic carbocycles. The fraction of sp³-hybridized carbons (Fsp3) is 0.500. The number of nitrogens with zero attached hydrogens (tertiary/aromatic N) is 4. The van der Waals surface area contributed by atoms with Gasteiger partial charge in [0, 0.05) is 0 Å². The summed E-state index contributed by atoms with van der Waals surface area (Å²) in [5.74, 6) is 0.936. The number of hydrogen-bond acceptors (Lipinski definition) is 6. The number of hydrogen-bond donors (Lipinski definition) is 1. The molecule has 0 radical (unpaired) electrons. The highest BCUT2D eigenvalue weighted by molar-refractivity contribution is 7.17. The summed E-state index contributed by atoms with van der Waals surface area (Å²) in [5.41, 5.74) is 1.26. The fourth-order valence-corrected chi connectivity index (χ4v) is 5.18. The zero-order chi connectivity index (χ0) is 15.8. The normalized spacial score (nSPS) is 18.3. The van der Waals surface area contributed by atoms with Crippen LogP contribution < -0.4 is 0 Å². The first-order valence-electron chi connectivity index (χ1n) is 8.05. The van der Waals surface area contributed by atoms with Crippen LogP contribution in [0.25, 0.3) is 4.96 Å². The third kappa shape index (κ3) is 2.77. The van der Waals surface area contributed by atoms with E-state index >= 15 is 0 Å². The maximum Gasteiger partial charge on any atom is 0.230 e. The molecule has 0 aromatic carbocycles. The Morgan fingerprint density at radius 2 is 2.00 bits per heavy atom. The van der Waals surface area contributed by atoms with Crippen LogP contribution in [0.15, 0.2) is 16.8 Å². The molecule has 4 rings (SSSR count). The monoisotopic (exact) mass is 348 g/mol. The minimum absolute atomic E-state index is 0.105. The third-order valence-corrected chi connectivity index (χ3v) is 6.19. The Labute approximate surface area is 143 Å². The average Bonchev–Trinajstić information content (AvgIpc) is 3.17. The largest absolute Gasteiger partial charge is 0.492 e. The van der Waals surface area contributed by atoms with Gasteiger partial charge < -0.3 is 5.11 Å². The lowest BCUT2D eigenvalue weighted by molar-refractivity contribution is 0.233. The van der Waals surface area contributed by atoms with E-state index in [0.717, 1.165) is 22.9 Å². The van der Waals surface area contributed by atoms with Crippen LogP contribution in [0.4, 0.5) is 0 Å². The Balaban J connectivity index is 1.79. The van der Waals surface area contributed by atoms with Gasteiger partial charge >= 0.3 is 0 Å². The minimum Gasteiger partial charge on any atom is -0.492 e. The average molecular weight is 348 g/mol. The Morgan fingerprint density at radius 3 is 2.65 bits per heavy atom. The molecule has 0 unspecified atom stereocenters. The molecule has 4 heterocycles. The highest BCUT2D eigenvalue weighted by atomic mass is 32.1. The van der Waals surface area contributed by atoms with E-state index in [2.05, 4.69) is 31.8 Å². The first-order chi connectivity index (χ1) is 11.2.